The monoisotopic (exact) mass is 514 g/mol. The summed E-state index contributed by atoms with van der Waals surface area (Å²) < 4.78 is 28.0. The Hall–Kier alpha value is -1.60. The van der Waals surface area contributed by atoms with Crippen molar-refractivity contribution in [3.63, 3.8) is 0 Å². The molecule has 2 nitrogen and oxygen atoms in total. The molecule has 2 aromatic carbocycles. The molecule has 0 radical (unpaired) electrons. The van der Waals surface area contributed by atoms with E-state index in [4.69, 9.17) is 9.05 Å². The molecule has 0 aliphatic carbocycles. The normalized spacial score (nSPS) is 18.9. The summed E-state index contributed by atoms with van der Waals surface area (Å²) in [7, 11) is -2.64. The van der Waals surface area contributed by atoms with Gasteiger partial charge in [-0.25, -0.2) is 0 Å². The van der Waals surface area contributed by atoms with E-state index >= 15 is 4.20 Å². The van der Waals surface area contributed by atoms with Gasteiger partial charge in [-0.3, -0.25) is 0 Å². The van der Waals surface area contributed by atoms with Gasteiger partial charge in [0.25, 0.3) is 0 Å². The first-order chi connectivity index (χ1) is 16.2. The minimum absolute atomic E-state index is 0.0439. The average Bonchev–Trinajstić information content (AvgIpc) is 2.68. The zero-order valence-corrected chi connectivity index (χ0v) is 25.8. The summed E-state index contributed by atoms with van der Waals surface area (Å²) in [5.41, 5.74) is 6.29. The number of hydrogen-bond donors (Lipinski definition) is 0. The van der Waals surface area contributed by atoms with Crippen LogP contribution in [0.25, 0.3) is 0 Å². The van der Waals surface area contributed by atoms with Crippen molar-refractivity contribution < 1.29 is 13.2 Å². The van der Waals surface area contributed by atoms with Crippen LogP contribution in [0.1, 0.15) is 142 Å². The fourth-order valence-corrected chi connectivity index (χ4v) is 5.67. The molecule has 0 aromatic heterocycles. The molecule has 1 aliphatic heterocycles. The molecule has 0 bridgehead atoms. The van der Waals surface area contributed by atoms with E-state index in [1.165, 1.54) is 11.1 Å². The molecule has 200 valence electrons. The molecule has 4 heteroatoms. The molecule has 0 saturated carbocycles. The number of halogens is 1. The molecule has 0 saturated heterocycles. The maximum absolute atomic E-state index is 15.7. The first-order valence-electron chi connectivity index (χ1n) is 13.4. The molecule has 0 N–H and O–H groups in total. The minimum Gasteiger partial charge on any atom is -0.414 e. The lowest BCUT2D eigenvalue weighted by atomic mass is 9.73. The van der Waals surface area contributed by atoms with E-state index in [1.807, 2.05) is 0 Å². The van der Waals surface area contributed by atoms with Crippen molar-refractivity contribution in [2.75, 3.05) is 0 Å². The van der Waals surface area contributed by atoms with Crippen LogP contribution in [0.3, 0.4) is 0 Å². The molecule has 1 aliphatic rings. The van der Waals surface area contributed by atoms with Crippen molar-refractivity contribution in [3.8, 4) is 11.5 Å². The van der Waals surface area contributed by atoms with E-state index in [2.05, 4.69) is 114 Å². The first-order valence-corrected chi connectivity index (χ1v) is 14.5. The summed E-state index contributed by atoms with van der Waals surface area (Å²) in [6.07, 6.45) is 1.94. The van der Waals surface area contributed by atoms with Gasteiger partial charge in [-0.15, -0.1) is 4.20 Å². The molecule has 0 atom stereocenters. The molecule has 1 heterocycles. The van der Waals surface area contributed by atoms with Crippen molar-refractivity contribution in [3.05, 3.63) is 57.6 Å². The molecular weight excluding hydrogens is 466 g/mol. The Morgan fingerprint density at radius 3 is 1.28 bits per heavy atom. The van der Waals surface area contributed by atoms with Gasteiger partial charge in [0, 0.05) is 28.2 Å². The molecule has 0 fully saturated rings. The van der Waals surface area contributed by atoms with Gasteiger partial charge < -0.3 is 9.05 Å². The molecule has 36 heavy (non-hydrogen) atoms. The third-order valence-electron chi connectivity index (χ3n) is 7.24. The lowest BCUT2D eigenvalue weighted by Crippen LogP contribution is -2.23. The van der Waals surface area contributed by atoms with Crippen LogP contribution in [0.2, 0.25) is 0 Å². The van der Waals surface area contributed by atoms with E-state index in [-0.39, 0.29) is 27.6 Å². The van der Waals surface area contributed by atoms with Crippen LogP contribution in [0, 0.1) is 0 Å². The van der Waals surface area contributed by atoms with Crippen molar-refractivity contribution in [1.82, 2.24) is 0 Å². The van der Waals surface area contributed by atoms with Crippen LogP contribution in [0.15, 0.2) is 24.3 Å². The predicted molar refractivity (Wildman–Crippen MR) is 154 cm³/mol. The second-order valence-electron chi connectivity index (χ2n) is 14.6. The second kappa shape index (κ2) is 9.61. The molecule has 0 spiro atoms. The Labute approximate surface area is 221 Å². The van der Waals surface area contributed by atoms with E-state index in [1.54, 1.807) is 0 Å². The lowest BCUT2D eigenvalue weighted by molar-refractivity contribution is 0.401. The Kier molecular flexibility index (Phi) is 7.73. The topological polar surface area (TPSA) is 18.5 Å². The smallest absolute Gasteiger partial charge is 0.414 e. The summed E-state index contributed by atoms with van der Waals surface area (Å²) >= 11 is 0. The van der Waals surface area contributed by atoms with Crippen LogP contribution in [-0.4, -0.2) is 0 Å². The van der Waals surface area contributed by atoms with Crippen molar-refractivity contribution in [1.29, 1.82) is 0 Å². The van der Waals surface area contributed by atoms with Crippen molar-refractivity contribution >= 4 is 8.69 Å². The predicted octanol–water partition coefficient (Wildman–Crippen LogP) is 10.8. The van der Waals surface area contributed by atoms with Crippen molar-refractivity contribution in [2.45, 2.75) is 130 Å². The van der Waals surface area contributed by atoms with E-state index in [0.29, 0.717) is 11.5 Å². The number of fused-ring (bicyclic) bond motifs is 2. The summed E-state index contributed by atoms with van der Waals surface area (Å²) in [5, 5.41) is 0. The Morgan fingerprint density at radius 1 is 0.639 bits per heavy atom. The molecule has 0 amide bonds. The summed E-state index contributed by atoms with van der Waals surface area (Å²) in [5.74, 6) is 1.40. The first kappa shape index (κ1) is 29.0. The van der Waals surface area contributed by atoms with E-state index in [9.17, 15) is 0 Å². The maximum atomic E-state index is 15.7. The summed E-state index contributed by atoms with van der Waals surface area (Å²) in [6, 6.07) is 9.01. The quantitative estimate of drug-likeness (QED) is 0.371. The summed E-state index contributed by atoms with van der Waals surface area (Å²) in [4.78, 5) is 0. The van der Waals surface area contributed by atoms with E-state index in [0.717, 1.165) is 35.1 Å². The largest absolute Gasteiger partial charge is 0.505 e. The van der Waals surface area contributed by atoms with Gasteiger partial charge in [-0.1, -0.05) is 121 Å². The number of rotatable bonds is 2. The second-order valence-corrected chi connectivity index (χ2v) is 15.4. The van der Waals surface area contributed by atoms with Crippen LogP contribution in [-0.2, 0) is 21.7 Å². The molecule has 0 unspecified atom stereocenters. The van der Waals surface area contributed by atoms with Gasteiger partial charge in [0.05, 0.1) is 0 Å². The minimum atomic E-state index is -2.64. The maximum Gasteiger partial charge on any atom is 0.505 e. The van der Waals surface area contributed by atoms with Gasteiger partial charge >= 0.3 is 8.69 Å². The fraction of sp³-hybridized carbons (Fsp3) is 0.625. The van der Waals surface area contributed by atoms with Gasteiger partial charge in [0.1, 0.15) is 11.5 Å². The zero-order valence-electron chi connectivity index (χ0n) is 24.9. The lowest BCUT2D eigenvalue weighted by Gasteiger charge is -2.36. The SMILES string of the molecule is CCCC1c2cc(C(C)(C)C)cc(C(C)(C)C)c2OP(F)Oc2c1cc(C(C)(C)C)cc2C(C)(C)C. The van der Waals surface area contributed by atoms with Crippen LogP contribution < -0.4 is 9.05 Å². The van der Waals surface area contributed by atoms with Gasteiger partial charge in [0.2, 0.25) is 0 Å². The highest BCUT2D eigenvalue weighted by Gasteiger charge is 2.38. The van der Waals surface area contributed by atoms with Crippen LogP contribution in [0.4, 0.5) is 4.20 Å². The average molecular weight is 515 g/mol. The van der Waals surface area contributed by atoms with E-state index < -0.39 is 8.69 Å². The third-order valence-corrected chi connectivity index (χ3v) is 7.89. The third kappa shape index (κ3) is 5.93. The van der Waals surface area contributed by atoms with Gasteiger partial charge in [-0.2, -0.15) is 0 Å². The highest BCUT2D eigenvalue weighted by Crippen LogP contribution is 2.56. The number of benzene rings is 2. The Morgan fingerprint density at radius 2 is 1.00 bits per heavy atom. The molecule has 3 rings (SSSR count). The summed E-state index contributed by atoms with van der Waals surface area (Å²) in [6.45, 7) is 28.8. The Bertz CT molecular complexity index is 1020. The molecular formula is C32H48FO2P. The standard InChI is InChI=1S/C32H48FO2P/c1-14-15-22-23-16-20(29(2,3)4)18-25(31(8,9)10)27(23)34-36(33)35-28-24(22)17-21(30(5,6)7)19-26(28)32(11,12)13/h16-19,22H,14-15H2,1-13H3. The van der Waals surface area contributed by atoms with Crippen LogP contribution in [0.5, 0.6) is 11.5 Å². The highest BCUT2D eigenvalue weighted by atomic mass is 31.2. The highest BCUT2D eigenvalue weighted by molar-refractivity contribution is 7.42. The van der Waals surface area contributed by atoms with Gasteiger partial charge in [0.15, 0.2) is 0 Å². The van der Waals surface area contributed by atoms with Crippen molar-refractivity contribution in [2.24, 2.45) is 0 Å². The van der Waals surface area contributed by atoms with Gasteiger partial charge in [-0.05, 0) is 39.2 Å². The Balaban J connectivity index is 2.51. The fourth-order valence-electron chi connectivity index (χ4n) is 4.93. The zero-order chi connectivity index (χ0) is 27.4. The number of hydrogen-bond acceptors (Lipinski definition) is 2. The molecule has 2 aromatic rings. The van der Waals surface area contributed by atoms with Crippen LogP contribution >= 0.6 is 8.69 Å².